The van der Waals surface area contributed by atoms with Gasteiger partial charge in [-0.25, -0.2) is 4.98 Å². The molecule has 3 rings (SSSR count). The topological polar surface area (TPSA) is 80.9 Å². The Balaban J connectivity index is 1.79. The molecule has 3 aromatic rings. The van der Waals surface area contributed by atoms with Crippen LogP contribution in [-0.4, -0.2) is 28.7 Å². The molecule has 0 aliphatic heterocycles. The number of ether oxygens (including phenoxy) is 2. The van der Waals surface area contributed by atoms with Gasteiger partial charge in [-0.1, -0.05) is 29.3 Å². The van der Waals surface area contributed by atoms with Gasteiger partial charge in [0, 0.05) is 30.4 Å². The standard InChI is InChI=1S/C22H18Cl2N4O2/c1-29-21-7-6-20(16(11-25)10-17-18(23)13-27-14-19(17)24)28-22(21)30-9-3-5-15-4-2-8-26-12-15/h2,4,6-8,10,12-14H,3,5,9H2,1H3/b16-10+. The zero-order chi connectivity index (χ0) is 21.3. The van der Waals surface area contributed by atoms with Crippen LogP contribution < -0.4 is 9.47 Å². The average Bonchev–Trinajstić information content (AvgIpc) is 2.77. The van der Waals surface area contributed by atoms with E-state index in [1.54, 1.807) is 24.4 Å². The second-order valence-electron chi connectivity index (χ2n) is 6.20. The first-order valence-corrected chi connectivity index (χ1v) is 9.86. The maximum absolute atomic E-state index is 9.64. The largest absolute Gasteiger partial charge is 0.491 e. The number of methoxy groups -OCH3 is 1. The Morgan fingerprint density at radius 2 is 1.93 bits per heavy atom. The van der Waals surface area contributed by atoms with E-state index in [-0.39, 0.29) is 5.57 Å². The minimum absolute atomic E-state index is 0.285. The van der Waals surface area contributed by atoms with Crippen molar-refractivity contribution in [3.8, 4) is 17.7 Å². The van der Waals surface area contributed by atoms with Crippen LogP contribution in [0.15, 0.2) is 49.1 Å². The molecule has 0 N–H and O–H groups in total. The summed E-state index contributed by atoms with van der Waals surface area (Å²) in [6.45, 7) is 0.440. The normalized spacial score (nSPS) is 11.1. The van der Waals surface area contributed by atoms with Crippen molar-refractivity contribution >= 4 is 34.9 Å². The number of allylic oxidation sites excluding steroid dienone is 1. The van der Waals surface area contributed by atoms with E-state index in [0.29, 0.717) is 39.5 Å². The molecule has 3 aromatic heterocycles. The van der Waals surface area contributed by atoms with Crippen molar-refractivity contribution in [1.29, 1.82) is 5.26 Å². The number of aryl methyl sites for hydroxylation is 1. The van der Waals surface area contributed by atoms with E-state index in [2.05, 4.69) is 21.0 Å². The van der Waals surface area contributed by atoms with Gasteiger partial charge in [-0.3, -0.25) is 9.97 Å². The summed E-state index contributed by atoms with van der Waals surface area (Å²) in [5.41, 5.74) is 2.34. The Kier molecular flexibility index (Phi) is 7.61. The van der Waals surface area contributed by atoms with Gasteiger partial charge in [-0.2, -0.15) is 5.26 Å². The van der Waals surface area contributed by atoms with Crippen molar-refractivity contribution in [2.45, 2.75) is 12.8 Å². The molecule has 0 atom stereocenters. The maximum Gasteiger partial charge on any atom is 0.257 e. The lowest BCUT2D eigenvalue weighted by atomic mass is 10.1. The molecule has 30 heavy (non-hydrogen) atoms. The highest BCUT2D eigenvalue weighted by molar-refractivity contribution is 6.37. The van der Waals surface area contributed by atoms with Gasteiger partial charge in [-0.05, 0) is 42.7 Å². The molecule has 0 radical (unpaired) electrons. The molecule has 0 aliphatic carbocycles. The third-order valence-electron chi connectivity index (χ3n) is 4.19. The van der Waals surface area contributed by atoms with E-state index < -0.39 is 0 Å². The molecule has 6 nitrogen and oxygen atoms in total. The van der Waals surface area contributed by atoms with Gasteiger partial charge in [0.25, 0.3) is 5.88 Å². The molecule has 3 heterocycles. The zero-order valence-electron chi connectivity index (χ0n) is 16.2. The first-order valence-electron chi connectivity index (χ1n) is 9.10. The molecular weight excluding hydrogens is 423 g/mol. The second kappa shape index (κ2) is 10.6. The predicted molar refractivity (Wildman–Crippen MR) is 117 cm³/mol. The van der Waals surface area contributed by atoms with Crippen LogP contribution in [0.4, 0.5) is 0 Å². The number of nitriles is 1. The lowest BCUT2D eigenvalue weighted by Crippen LogP contribution is -2.04. The fourth-order valence-corrected chi connectivity index (χ4v) is 3.17. The summed E-state index contributed by atoms with van der Waals surface area (Å²) < 4.78 is 11.2. The van der Waals surface area contributed by atoms with E-state index in [0.717, 1.165) is 18.4 Å². The minimum Gasteiger partial charge on any atom is -0.491 e. The maximum atomic E-state index is 9.64. The first kappa shape index (κ1) is 21.6. The van der Waals surface area contributed by atoms with E-state index in [9.17, 15) is 5.26 Å². The molecule has 0 unspecified atom stereocenters. The van der Waals surface area contributed by atoms with Crippen molar-refractivity contribution in [3.63, 3.8) is 0 Å². The third kappa shape index (κ3) is 5.47. The van der Waals surface area contributed by atoms with Gasteiger partial charge >= 0.3 is 0 Å². The van der Waals surface area contributed by atoms with Gasteiger partial charge < -0.3 is 9.47 Å². The van der Waals surface area contributed by atoms with Crippen LogP contribution in [0.25, 0.3) is 11.6 Å². The number of hydrogen-bond donors (Lipinski definition) is 0. The molecule has 0 saturated heterocycles. The monoisotopic (exact) mass is 440 g/mol. The number of aromatic nitrogens is 3. The number of nitrogens with zero attached hydrogens (tertiary/aromatic N) is 4. The summed E-state index contributed by atoms with van der Waals surface area (Å²) in [5.74, 6) is 0.798. The molecule has 0 amide bonds. The van der Waals surface area contributed by atoms with Gasteiger partial charge in [-0.15, -0.1) is 0 Å². The Hall–Kier alpha value is -3.14. The van der Waals surface area contributed by atoms with Crippen LogP contribution in [0.2, 0.25) is 10.0 Å². The van der Waals surface area contributed by atoms with E-state index in [1.165, 1.54) is 19.5 Å². The Bertz CT molecular complexity index is 1060. The van der Waals surface area contributed by atoms with Crippen LogP contribution in [-0.2, 0) is 6.42 Å². The van der Waals surface area contributed by atoms with Crippen molar-refractivity contribution in [2.75, 3.05) is 13.7 Å². The molecule has 8 heteroatoms. The second-order valence-corrected chi connectivity index (χ2v) is 7.02. The molecule has 0 spiro atoms. The van der Waals surface area contributed by atoms with Crippen molar-refractivity contribution < 1.29 is 9.47 Å². The summed E-state index contributed by atoms with van der Waals surface area (Å²) in [7, 11) is 1.54. The quantitative estimate of drug-likeness (QED) is 0.350. The highest BCUT2D eigenvalue weighted by Crippen LogP contribution is 2.30. The molecule has 0 fully saturated rings. The Morgan fingerprint density at radius 1 is 1.13 bits per heavy atom. The van der Waals surface area contributed by atoms with Crippen molar-refractivity contribution in [3.05, 3.63) is 75.9 Å². The number of rotatable bonds is 8. The number of hydrogen-bond acceptors (Lipinski definition) is 6. The van der Waals surface area contributed by atoms with E-state index in [4.69, 9.17) is 32.7 Å². The Morgan fingerprint density at radius 3 is 2.60 bits per heavy atom. The molecule has 0 aliphatic rings. The number of halogens is 2. The zero-order valence-corrected chi connectivity index (χ0v) is 17.7. The lowest BCUT2D eigenvalue weighted by molar-refractivity contribution is 0.277. The van der Waals surface area contributed by atoms with Crippen LogP contribution in [0.5, 0.6) is 11.6 Å². The third-order valence-corrected chi connectivity index (χ3v) is 4.79. The first-order chi connectivity index (χ1) is 14.6. The SMILES string of the molecule is COc1ccc(/C(C#N)=C/c2c(Cl)cncc2Cl)nc1OCCCc1cccnc1. The van der Waals surface area contributed by atoms with Gasteiger partial charge in [0.05, 0.1) is 35.0 Å². The van der Waals surface area contributed by atoms with Crippen LogP contribution in [0.3, 0.4) is 0 Å². The van der Waals surface area contributed by atoms with Crippen LogP contribution >= 0.6 is 23.2 Å². The summed E-state index contributed by atoms with van der Waals surface area (Å²) in [4.78, 5) is 12.5. The van der Waals surface area contributed by atoms with E-state index in [1.807, 2.05) is 18.3 Å². The molecule has 152 valence electrons. The molecule has 0 saturated carbocycles. The molecule has 0 bridgehead atoms. The van der Waals surface area contributed by atoms with Crippen LogP contribution in [0, 0.1) is 11.3 Å². The molecule has 0 aromatic carbocycles. The smallest absolute Gasteiger partial charge is 0.257 e. The minimum atomic E-state index is 0.285. The lowest BCUT2D eigenvalue weighted by Gasteiger charge is -2.11. The average molecular weight is 441 g/mol. The van der Waals surface area contributed by atoms with Crippen LogP contribution in [0.1, 0.15) is 23.2 Å². The summed E-state index contributed by atoms with van der Waals surface area (Å²) in [6.07, 6.45) is 9.69. The summed E-state index contributed by atoms with van der Waals surface area (Å²) in [5, 5.41) is 10.3. The predicted octanol–water partition coefficient (Wildman–Crippen LogP) is 5.26. The highest BCUT2D eigenvalue weighted by atomic mass is 35.5. The summed E-state index contributed by atoms with van der Waals surface area (Å²) in [6, 6.07) is 9.44. The summed E-state index contributed by atoms with van der Waals surface area (Å²) >= 11 is 12.3. The van der Waals surface area contributed by atoms with E-state index >= 15 is 0 Å². The number of pyridine rings is 3. The van der Waals surface area contributed by atoms with Gasteiger partial charge in [0.15, 0.2) is 5.75 Å². The fraction of sp³-hybridized carbons (Fsp3) is 0.182. The van der Waals surface area contributed by atoms with Gasteiger partial charge in [0.1, 0.15) is 6.07 Å². The highest BCUT2D eigenvalue weighted by Gasteiger charge is 2.13. The fourth-order valence-electron chi connectivity index (χ4n) is 2.69. The molecular formula is C22H18Cl2N4O2. The van der Waals surface area contributed by atoms with Crippen molar-refractivity contribution in [2.24, 2.45) is 0 Å². The van der Waals surface area contributed by atoms with Crippen molar-refractivity contribution in [1.82, 2.24) is 15.0 Å². The van der Waals surface area contributed by atoms with Gasteiger partial charge in [0.2, 0.25) is 0 Å². The Labute approximate surface area is 184 Å².